The van der Waals surface area contributed by atoms with E-state index in [9.17, 15) is 4.79 Å². The molecule has 0 radical (unpaired) electrons. The van der Waals surface area contributed by atoms with Gasteiger partial charge in [-0.1, -0.05) is 18.2 Å². The highest BCUT2D eigenvalue weighted by atomic mass is 16.1. The van der Waals surface area contributed by atoms with Crippen LogP contribution in [0.4, 0.5) is 5.82 Å². The van der Waals surface area contributed by atoms with Gasteiger partial charge < -0.3 is 10.2 Å². The van der Waals surface area contributed by atoms with Gasteiger partial charge in [0, 0.05) is 37.1 Å². The summed E-state index contributed by atoms with van der Waals surface area (Å²) in [6, 6.07) is 8.47. The quantitative estimate of drug-likeness (QED) is 0.663. The number of amides is 1. The number of carbonyl (C=O) groups is 1. The Morgan fingerprint density at radius 3 is 2.58 bits per heavy atom. The lowest BCUT2D eigenvalue weighted by Gasteiger charge is -2.33. The lowest BCUT2D eigenvalue weighted by molar-refractivity contribution is -0.126. The van der Waals surface area contributed by atoms with Crippen molar-refractivity contribution in [2.24, 2.45) is 5.92 Å². The molecule has 3 aromatic rings. The van der Waals surface area contributed by atoms with Crippen LogP contribution in [0.5, 0.6) is 0 Å². The topological polar surface area (TPSA) is 63.1 Å². The SMILES string of the molecule is CCn1nc(C)c2ccnc(N3CCC(C(=O)N[C@@H](C)c4ccc(C)c(C)c4)CC3)c21. The van der Waals surface area contributed by atoms with Crippen molar-refractivity contribution in [1.29, 1.82) is 0 Å². The fraction of sp³-hybridized carbons (Fsp3) is 0.480. The van der Waals surface area contributed by atoms with Gasteiger partial charge in [-0.3, -0.25) is 9.48 Å². The summed E-state index contributed by atoms with van der Waals surface area (Å²) >= 11 is 0. The predicted molar refractivity (Wildman–Crippen MR) is 125 cm³/mol. The zero-order valence-electron chi connectivity index (χ0n) is 19.3. The maximum absolute atomic E-state index is 12.9. The van der Waals surface area contributed by atoms with Crippen LogP contribution in [0.3, 0.4) is 0 Å². The van der Waals surface area contributed by atoms with Gasteiger partial charge in [-0.25, -0.2) is 4.98 Å². The molecule has 1 aliphatic rings. The number of aryl methyl sites for hydroxylation is 4. The largest absolute Gasteiger partial charge is 0.355 e. The van der Waals surface area contributed by atoms with Gasteiger partial charge in [-0.15, -0.1) is 0 Å². The molecule has 6 heteroatoms. The van der Waals surface area contributed by atoms with Crippen LogP contribution in [0.25, 0.3) is 10.9 Å². The molecule has 0 aliphatic carbocycles. The van der Waals surface area contributed by atoms with E-state index in [-0.39, 0.29) is 17.9 Å². The summed E-state index contributed by atoms with van der Waals surface area (Å²) in [7, 11) is 0. The van der Waals surface area contributed by atoms with E-state index < -0.39 is 0 Å². The molecule has 0 saturated carbocycles. The molecule has 1 aromatic carbocycles. The van der Waals surface area contributed by atoms with Gasteiger partial charge in [0.2, 0.25) is 5.91 Å². The summed E-state index contributed by atoms with van der Waals surface area (Å²) < 4.78 is 2.04. The summed E-state index contributed by atoms with van der Waals surface area (Å²) in [5, 5.41) is 9.06. The maximum atomic E-state index is 12.9. The first-order valence-electron chi connectivity index (χ1n) is 11.3. The molecule has 1 aliphatic heterocycles. The minimum Gasteiger partial charge on any atom is -0.355 e. The van der Waals surface area contributed by atoms with Crippen molar-refractivity contribution in [3.8, 4) is 0 Å². The molecule has 31 heavy (non-hydrogen) atoms. The first kappa shape index (κ1) is 21.3. The van der Waals surface area contributed by atoms with E-state index in [0.717, 1.165) is 60.5 Å². The highest BCUT2D eigenvalue weighted by Crippen LogP contribution is 2.30. The lowest BCUT2D eigenvalue weighted by Crippen LogP contribution is -2.41. The molecule has 1 saturated heterocycles. The Labute approximate surface area is 184 Å². The Bertz CT molecular complexity index is 1090. The third-order valence-electron chi connectivity index (χ3n) is 6.68. The summed E-state index contributed by atoms with van der Waals surface area (Å²) in [6.45, 7) is 12.9. The highest BCUT2D eigenvalue weighted by Gasteiger charge is 2.28. The van der Waals surface area contributed by atoms with Crippen molar-refractivity contribution in [1.82, 2.24) is 20.1 Å². The Balaban J connectivity index is 1.42. The summed E-state index contributed by atoms with van der Waals surface area (Å²) in [5.41, 5.74) is 5.84. The molecular formula is C25H33N5O. The van der Waals surface area contributed by atoms with E-state index in [0.29, 0.717) is 0 Å². The number of rotatable bonds is 5. The van der Waals surface area contributed by atoms with Crippen LogP contribution in [0.15, 0.2) is 30.5 Å². The Hall–Kier alpha value is -2.89. The van der Waals surface area contributed by atoms with E-state index >= 15 is 0 Å². The summed E-state index contributed by atoms with van der Waals surface area (Å²) in [5.74, 6) is 1.19. The first-order chi connectivity index (χ1) is 14.9. The molecule has 0 spiro atoms. The molecule has 1 atom stereocenters. The van der Waals surface area contributed by atoms with Gasteiger partial charge >= 0.3 is 0 Å². The second-order valence-electron chi connectivity index (χ2n) is 8.77. The number of nitrogens with one attached hydrogen (secondary N) is 1. The number of carbonyl (C=O) groups excluding carboxylic acids is 1. The van der Waals surface area contributed by atoms with Crippen molar-refractivity contribution in [2.45, 2.75) is 60.0 Å². The van der Waals surface area contributed by atoms with Crippen LogP contribution >= 0.6 is 0 Å². The minimum absolute atomic E-state index is 0.0159. The molecule has 4 rings (SSSR count). The molecule has 0 bridgehead atoms. The van der Waals surface area contributed by atoms with Crippen LogP contribution in [-0.4, -0.2) is 33.8 Å². The van der Waals surface area contributed by atoms with Crippen LogP contribution in [-0.2, 0) is 11.3 Å². The number of fused-ring (bicyclic) bond motifs is 1. The third-order valence-corrected chi connectivity index (χ3v) is 6.68. The molecule has 0 unspecified atom stereocenters. The van der Waals surface area contributed by atoms with Crippen molar-refractivity contribution in [2.75, 3.05) is 18.0 Å². The smallest absolute Gasteiger partial charge is 0.223 e. The van der Waals surface area contributed by atoms with Crippen LogP contribution in [0.1, 0.15) is 55.1 Å². The Morgan fingerprint density at radius 1 is 1.16 bits per heavy atom. The van der Waals surface area contributed by atoms with Gasteiger partial charge in [0.25, 0.3) is 0 Å². The lowest BCUT2D eigenvalue weighted by atomic mass is 9.94. The second kappa shape index (κ2) is 8.69. The van der Waals surface area contributed by atoms with Gasteiger partial charge in [0.05, 0.1) is 11.7 Å². The van der Waals surface area contributed by atoms with Gasteiger partial charge in [-0.2, -0.15) is 5.10 Å². The Kier molecular flexibility index (Phi) is 5.99. The molecule has 1 fully saturated rings. The number of aromatic nitrogens is 3. The van der Waals surface area contributed by atoms with Crippen molar-refractivity contribution >= 4 is 22.6 Å². The number of anilines is 1. The standard InChI is InChI=1S/C25H33N5O/c1-6-30-23-22(19(5)28-30)9-12-26-24(23)29-13-10-20(11-14-29)25(31)27-18(4)21-8-7-16(2)17(3)15-21/h7-9,12,15,18,20H,6,10-11,13-14H2,1-5H3,(H,27,31)/t18-/m0/s1. The van der Waals surface area contributed by atoms with Gasteiger partial charge in [0.15, 0.2) is 5.82 Å². The Morgan fingerprint density at radius 2 is 1.90 bits per heavy atom. The van der Waals surface area contributed by atoms with Gasteiger partial charge in [-0.05, 0) is 70.2 Å². The molecule has 2 aromatic heterocycles. The molecule has 3 heterocycles. The predicted octanol–water partition coefficient (Wildman–Crippen LogP) is 4.47. The minimum atomic E-state index is 0.0159. The van der Waals surface area contributed by atoms with Crippen molar-refractivity contribution < 1.29 is 4.79 Å². The molecular weight excluding hydrogens is 386 g/mol. The molecule has 1 amide bonds. The maximum Gasteiger partial charge on any atom is 0.223 e. The number of piperidine rings is 1. The average molecular weight is 420 g/mol. The average Bonchev–Trinajstić information content (AvgIpc) is 3.11. The summed E-state index contributed by atoms with van der Waals surface area (Å²) in [6.07, 6.45) is 3.54. The highest BCUT2D eigenvalue weighted by molar-refractivity contribution is 5.91. The zero-order valence-corrected chi connectivity index (χ0v) is 19.3. The molecule has 6 nitrogen and oxygen atoms in total. The molecule has 164 valence electrons. The number of nitrogens with zero attached hydrogens (tertiary/aromatic N) is 4. The van der Waals surface area contributed by atoms with Crippen molar-refractivity contribution in [3.63, 3.8) is 0 Å². The van der Waals surface area contributed by atoms with Crippen LogP contribution < -0.4 is 10.2 Å². The van der Waals surface area contributed by atoms with Crippen LogP contribution in [0.2, 0.25) is 0 Å². The van der Waals surface area contributed by atoms with E-state index in [1.807, 2.05) is 23.9 Å². The van der Waals surface area contributed by atoms with Crippen molar-refractivity contribution in [3.05, 3.63) is 52.8 Å². The van der Waals surface area contributed by atoms with E-state index in [2.05, 4.69) is 61.2 Å². The number of pyridine rings is 1. The normalized spacial score (nSPS) is 16.0. The van der Waals surface area contributed by atoms with Crippen LogP contribution in [0, 0.1) is 26.7 Å². The number of hydrogen-bond acceptors (Lipinski definition) is 4. The fourth-order valence-corrected chi connectivity index (χ4v) is 4.54. The van der Waals surface area contributed by atoms with E-state index in [1.54, 1.807) is 0 Å². The molecule has 1 N–H and O–H groups in total. The monoisotopic (exact) mass is 419 g/mol. The number of benzene rings is 1. The fourth-order valence-electron chi connectivity index (χ4n) is 4.54. The van der Waals surface area contributed by atoms with E-state index in [4.69, 9.17) is 4.98 Å². The second-order valence-corrected chi connectivity index (χ2v) is 8.77. The zero-order chi connectivity index (χ0) is 22.1. The van der Waals surface area contributed by atoms with E-state index in [1.165, 1.54) is 11.1 Å². The number of hydrogen-bond donors (Lipinski definition) is 1. The third kappa shape index (κ3) is 4.16. The summed E-state index contributed by atoms with van der Waals surface area (Å²) in [4.78, 5) is 19.9. The van der Waals surface area contributed by atoms with Gasteiger partial charge in [0.1, 0.15) is 5.52 Å². The first-order valence-corrected chi connectivity index (χ1v) is 11.3.